The Balaban J connectivity index is 0.000000262. The summed E-state index contributed by atoms with van der Waals surface area (Å²) in [6.45, 7) is 8.21. The number of hydrogen-bond acceptors (Lipinski definition) is 6. The fraction of sp³-hybridized carbons (Fsp3) is 0.318. The molecule has 2 aromatic carbocycles. The Labute approximate surface area is 181 Å². The zero-order valence-electron chi connectivity index (χ0n) is 17.9. The van der Waals surface area contributed by atoms with Gasteiger partial charge in [-0.2, -0.15) is 8.42 Å². The molecule has 0 aliphatic carbocycles. The number of rotatable bonds is 5. The summed E-state index contributed by atoms with van der Waals surface area (Å²) < 4.78 is 53.2. The summed E-state index contributed by atoms with van der Waals surface area (Å²) in [5.74, 6) is 1.28. The number of fused-ring (bicyclic) bond motifs is 1. The van der Waals surface area contributed by atoms with E-state index in [0.717, 1.165) is 11.1 Å². The highest BCUT2D eigenvalue weighted by atomic mass is 32.2. The SMILES string of the molecule is CC(C)(C)c1nc2ccc(OC/C(=C/F)CN)cc2o1.Cc1ccc(S(=O)(=O)O)cc1. The lowest BCUT2D eigenvalue weighted by atomic mass is 9.97. The molecular weight excluding hydrogens is 423 g/mol. The molecule has 3 N–H and O–H groups in total. The number of halogens is 1. The summed E-state index contributed by atoms with van der Waals surface area (Å²) in [5, 5.41) is 0. The number of nitrogens with two attached hydrogens (primary N) is 1. The van der Waals surface area contributed by atoms with E-state index in [2.05, 4.69) is 4.98 Å². The third kappa shape index (κ3) is 7.16. The highest BCUT2D eigenvalue weighted by molar-refractivity contribution is 7.85. The highest BCUT2D eigenvalue weighted by Crippen LogP contribution is 2.28. The molecule has 9 heteroatoms. The van der Waals surface area contributed by atoms with Gasteiger partial charge in [-0.05, 0) is 31.2 Å². The van der Waals surface area contributed by atoms with Gasteiger partial charge in [0.2, 0.25) is 5.89 Å². The van der Waals surface area contributed by atoms with Crippen molar-refractivity contribution in [2.75, 3.05) is 13.2 Å². The Hall–Kier alpha value is -2.75. The van der Waals surface area contributed by atoms with Crippen molar-refractivity contribution in [1.82, 2.24) is 4.98 Å². The first kappa shape index (κ1) is 24.5. The smallest absolute Gasteiger partial charge is 0.294 e. The van der Waals surface area contributed by atoms with Crippen LogP contribution in [0.2, 0.25) is 0 Å². The monoisotopic (exact) mass is 450 g/mol. The van der Waals surface area contributed by atoms with Crippen LogP contribution in [0.5, 0.6) is 5.75 Å². The minimum absolute atomic E-state index is 0.0666. The minimum Gasteiger partial charge on any atom is -0.489 e. The van der Waals surface area contributed by atoms with Crippen LogP contribution in [-0.2, 0) is 15.5 Å². The molecule has 0 atom stereocenters. The quantitative estimate of drug-likeness (QED) is 0.548. The van der Waals surface area contributed by atoms with Gasteiger partial charge in [0.1, 0.15) is 17.9 Å². The first-order valence-electron chi connectivity index (χ1n) is 9.50. The average molecular weight is 451 g/mol. The van der Waals surface area contributed by atoms with E-state index in [1.807, 2.05) is 33.8 Å². The molecule has 0 saturated carbocycles. The van der Waals surface area contributed by atoms with Gasteiger partial charge in [0.25, 0.3) is 10.1 Å². The number of oxazole rings is 1. The van der Waals surface area contributed by atoms with Gasteiger partial charge < -0.3 is 14.9 Å². The number of aryl methyl sites for hydroxylation is 1. The van der Waals surface area contributed by atoms with E-state index in [1.165, 1.54) is 12.1 Å². The molecule has 0 aliphatic rings. The van der Waals surface area contributed by atoms with Crippen LogP contribution < -0.4 is 10.5 Å². The third-order valence-corrected chi connectivity index (χ3v) is 5.03. The summed E-state index contributed by atoms with van der Waals surface area (Å²) in [4.78, 5) is 4.37. The second kappa shape index (κ2) is 10.0. The fourth-order valence-electron chi connectivity index (χ4n) is 2.34. The second-order valence-electron chi connectivity index (χ2n) is 7.95. The lowest BCUT2D eigenvalue weighted by molar-refractivity contribution is 0.347. The molecule has 1 heterocycles. The highest BCUT2D eigenvalue weighted by Gasteiger charge is 2.21. The van der Waals surface area contributed by atoms with E-state index >= 15 is 0 Å². The van der Waals surface area contributed by atoms with Crippen LogP contribution in [0.3, 0.4) is 0 Å². The second-order valence-corrected chi connectivity index (χ2v) is 9.37. The van der Waals surface area contributed by atoms with Crippen molar-refractivity contribution in [3.05, 3.63) is 65.8 Å². The van der Waals surface area contributed by atoms with Crippen LogP contribution in [0.1, 0.15) is 32.2 Å². The molecule has 7 nitrogen and oxygen atoms in total. The molecule has 0 spiro atoms. The molecule has 3 aromatic rings. The van der Waals surface area contributed by atoms with Crippen LogP contribution in [-0.4, -0.2) is 31.1 Å². The van der Waals surface area contributed by atoms with Crippen molar-refractivity contribution in [1.29, 1.82) is 0 Å². The molecule has 0 aliphatic heterocycles. The van der Waals surface area contributed by atoms with Gasteiger partial charge >= 0.3 is 0 Å². The van der Waals surface area contributed by atoms with Gasteiger partial charge in [-0.1, -0.05) is 38.5 Å². The Morgan fingerprint density at radius 2 is 1.87 bits per heavy atom. The van der Waals surface area contributed by atoms with Crippen LogP contribution in [0.25, 0.3) is 11.1 Å². The number of hydrogen-bond donors (Lipinski definition) is 2. The first-order chi connectivity index (χ1) is 14.4. The van der Waals surface area contributed by atoms with Crippen molar-refractivity contribution in [3.8, 4) is 5.75 Å². The molecule has 168 valence electrons. The van der Waals surface area contributed by atoms with Crippen molar-refractivity contribution < 1.29 is 26.5 Å². The lowest BCUT2D eigenvalue weighted by Crippen LogP contribution is -2.10. The maximum atomic E-state index is 12.4. The number of ether oxygens (including phenoxy) is 1. The number of benzene rings is 2. The maximum absolute atomic E-state index is 12.4. The van der Waals surface area contributed by atoms with E-state index in [9.17, 15) is 12.8 Å². The number of nitrogens with zero attached hydrogens (tertiary/aromatic N) is 1. The van der Waals surface area contributed by atoms with Gasteiger partial charge in [-0.25, -0.2) is 9.37 Å². The first-order valence-corrected chi connectivity index (χ1v) is 10.9. The molecular formula is C22H27FN2O5S. The lowest BCUT2D eigenvalue weighted by Gasteiger charge is -2.11. The van der Waals surface area contributed by atoms with Crippen molar-refractivity contribution >= 4 is 21.2 Å². The Bertz CT molecular complexity index is 1150. The summed E-state index contributed by atoms with van der Waals surface area (Å²) >= 11 is 0. The largest absolute Gasteiger partial charge is 0.489 e. The molecule has 0 saturated heterocycles. The molecule has 1 aromatic heterocycles. The maximum Gasteiger partial charge on any atom is 0.294 e. The van der Waals surface area contributed by atoms with E-state index in [4.69, 9.17) is 19.4 Å². The normalized spacial score (nSPS) is 12.4. The van der Waals surface area contributed by atoms with Crippen LogP contribution in [0.15, 0.2) is 63.7 Å². The summed E-state index contributed by atoms with van der Waals surface area (Å²) in [6, 6.07) is 11.3. The molecule has 3 rings (SSSR count). The predicted molar refractivity (Wildman–Crippen MR) is 117 cm³/mol. The predicted octanol–water partition coefficient (Wildman–Crippen LogP) is 4.56. The van der Waals surface area contributed by atoms with Gasteiger partial charge in [-0.3, -0.25) is 4.55 Å². The molecule has 0 amide bonds. The van der Waals surface area contributed by atoms with Crippen LogP contribution >= 0.6 is 0 Å². The summed E-state index contributed by atoms with van der Waals surface area (Å²) in [7, 11) is -4.02. The van der Waals surface area contributed by atoms with Crippen LogP contribution in [0, 0.1) is 6.92 Å². The van der Waals surface area contributed by atoms with E-state index in [1.54, 1.807) is 24.3 Å². The molecule has 0 unspecified atom stereocenters. The standard InChI is InChI=1S/C15H19FN2O2.C7H8O3S/c1-15(2,3)14-18-12-5-4-11(6-13(12)20-14)19-9-10(7-16)8-17;1-6-2-4-7(5-3-6)11(8,9)10/h4-7H,8-9,17H2,1-3H3;2-5H,1H3,(H,8,9,10)/b10-7+;. The van der Waals surface area contributed by atoms with Crippen LogP contribution in [0.4, 0.5) is 4.39 Å². The fourth-order valence-corrected chi connectivity index (χ4v) is 2.82. The minimum atomic E-state index is -4.02. The molecule has 31 heavy (non-hydrogen) atoms. The van der Waals surface area contributed by atoms with Gasteiger partial charge in [0, 0.05) is 23.6 Å². The zero-order valence-corrected chi connectivity index (χ0v) is 18.7. The van der Waals surface area contributed by atoms with Crippen molar-refractivity contribution in [2.45, 2.75) is 38.0 Å². The van der Waals surface area contributed by atoms with E-state index in [-0.39, 0.29) is 23.5 Å². The summed E-state index contributed by atoms with van der Waals surface area (Å²) in [5.41, 5.74) is 8.02. The summed E-state index contributed by atoms with van der Waals surface area (Å²) in [6.07, 6.45) is 0.477. The van der Waals surface area contributed by atoms with Gasteiger partial charge in [0.15, 0.2) is 5.58 Å². The van der Waals surface area contributed by atoms with Gasteiger partial charge in [-0.15, -0.1) is 0 Å². The van der Waals surface area contributed by atoms with E-state index in [0.29, 0.717) is 29.1 Å². The third-order valence-electron chi connectivity index (χ3n) is 4.16. The Morgan fingerprint density at radius 1 is 1.23 bits per heavy atom. The molecule has 0 fully saturated rings. The average Bonchev–Trinajstić information content (AvgIpc) is 3.13. The number of aromatic nitrogens is 1. The molecule has 0 radical (unpaired) electrons. The Kier molecular flexibility index (Phi) is 7.94. The van der Waals surface area contributed by atoms with Crippen molar-refractivity contribution in [2.24, 2.45) is 5.73 Å². The van der Waals surface area contributed by atoms with Crippen molar-refractivity contribution in [3.63, 3.8) is 0 Å². The van der Waals surface area contributed by atoms with Gasteiger partial charge in [0.05, 0.1) is 11.2 Å². The van der Waals surface area contributed by atoms with E-state index < -0.39 is 10.1 Å². The Morgan fingerprint density at radius 3 is 2.39 bits per heavy atom. The topological polar surface area (TPSA) is 116 Å². The zero-order chi connectivity index (χ0) is 23.2. The molecule has 0 bridgehead atoms.